The Hall–Kier alpha value is -7.31. The van der Waals surface area contributed by atoms with E-state index in [4.69, 9.17) is 23.8 Å². The van der Waals surface area contributed by atoms with Crippen molar-refractivity contribution in [1.29, 1.82) is 0 Å². The van der Waals surface area contributed by atoms with Crippen LogP contribution in [0.3, 0.4) is 0 Å². The topological polar surface area (TPSA) is 65.0 Å². The van der Waals surface area contributed by atoms with Gasteiger partial charge in [0.1, 0.15) is 61.6 Å². The Kier molecular flexibility index (Phi) is 8.71. The van der Waals surface area contributed by atoms with Crippen LogP contribution in [0.1, 0.15) is 0 Å². The summed E-state index contributed by atoms with van der Waals surface area (Å²) in [5, 5.41) is 4.20. The molecule has 10 heteroatoms. The van der Waals surface area contributed by atoms with Crippen LogP contribution in [0, 0.1) is 0 Å². The number of nitrogens with zero attached hydrogens (tertiary/aromatic N) is 3. The van der Waals surface area contributed by atoms with Crippen molar-refractivity contribution in [3.8, 4) is 67.5 Å². The van der Waals surface area contributed by atoms with Crippen molar-refractivity contribution >= 4 is 110 Å². The predicted octanol–water partition coefficient (Wildman–Crippen LogP) is 4.96. The van der Waals surface area contributed by atoms with Gasteiger partial charge in [-0.25, -0.2) is 15.0 Å². The molecule has 0 bridgehead atoms. The molecule has 0 saturated heterocycles. The number of benzene rings is 8. The Bertz CT molecular complexity index is 3500. The number of rotatable bonds is 6. The zero-order chi connectivity index (χ0) is 41.4. The summed E-state index contributed by atoms with van der Waals surface area (Å²) in [5.41, 5.74) is 19.6. The van der Waals surface area contributed by atoms with Gasteiger partial charge in [-0.2, -0.15) is 0 Å². The molecular formula is C51H36B5N3O2. The van der Waals surface area contributed by atoms with E-state index in [1.807, 2.05) is 60.7 Å². The lowest BCUT2D eigenvalue weighted by Crippen LogP contribution is -2.55. The second-order valence-electron chi connectivity index (χ2n) is 16.1. The highest BCUT2D eigenvalue weighted by atomic mass is 16.3. The molecule has 0 N–H and O–H groups in total. The van der Waals surface area contributed by atoms with Crippen LogP contribution in [0.5, 0.6) is 0 Å². The van der Waals surface area contributed by atoms with Gasteiger partial charge in [0.2, 0.25) is 0 Å². The van der Waals surface area contributed by atoms with E-state index in [9.17, 15) is 0 Å². The summed E-state index contributed by atoms with van der Waals surface area (Å²) in [5.74, 6) is 1.77. The number of para-hydroxylation sites is 3. The fourth-order valence-electron chi connectivity index (χ4n) is 9.13. The molecule has 0 saturated carbocycles. The van der Waals surface area contributed by atoms with Gasteiger partial charge in [-0.05, 0) is 34.4 Å². The molecule has 0 atom stereocenters. The minimum absolute atomic E-state index is 0.581. The van der Waals surface area contributed by atoms with Gasteiger partial charge in [0, 0.05) is 49.4 Å². The zero-order valence-corrected chi connectivity index (χ0v) is 34.7. The van der Waals surface area contributed by atoms with Gasteiger partial charge in [0.05, 0.1) is 0 Å². The summed E-state index contributed by atoms with van der Waals surface area (Å²) in [6.45, 7) is 0. The highest BCUT2D eigenvalue weighted by Gasteiger charge is 2.21. The molecule has 3 heterocycles. The standard InChI is InChI=1S/C51H36B5N3O2/c52-42-40(43(53)45(55)46(56)44(42)54)29-23-19-27(20-24-29)33-13-7-15-36-41-37(16-8-18-39(41)61-48(33)36)51-58-49(30-9-2-1-3-10-30)57-50(59-51)31-25-21-28(22-26-31)32-12-6-14-35-34-11-4-5-17-38(34)60-47(32)35/h1-26H,52-56H2. The van der Waals surface area contributed by atoms with Gasteiger partial charge in [0.15, 0.2) is 17.5 Å². The lowest BCUT2D eigenvalue weighted by Gasteiger charge is -2.20. The van der Waals surface area contributed by atoms with Gasteiger partial charge in [-0.1, -0.05) is 157 Å². The summed E-state index contributed by atoms with van der Waals surface area (Å²) in [6, 6.07) is 54.4. The molecule has 0 amide bonds. The monoisotopic (exact) mass is 777 g/mol. The van der Waals surface area contributed by atoms with Crippen LogP contribution in [-0.4, -0.2) is 54.2 Å². The average Bonchev–Trinajstić information content (AvgIpc) is 3.90. The first-order chi connectivity index (χ1) is 29.8. The van der Waals surface area contributed by atoms with Crippen LogP contribution in [0.25, 0.3) is 111 Å². The first-order valence-electron chi connectivity index (χ1n) is 20.8. The minimum Gasteiger partial charge on any atom is -0.455 e. The summed E-state index contributed by atoms with van der Waals surface area (Å²) in [7, 11) is 11.2. The molecule has 5 nitrogen and oxygen atoms in total. The molecule has 0 unspecified atom stereocenters. The first-order valence-corrected chi connectivity index (χ1v) is 20.8. The van der Waals surface area contributed by atoms with Crippen LogP contribution < -0.4 is 27.3 Å². The van der Waals surface area contributed by atoms with Crippen LogP contribution in [0.4, 0.5) is 0 Å². The molecule has 61 heavy (non-hydrogen) atoms. The molecule has 11 aromatic rings. The van der Waals surface area contributed by atoms with Crippen molar-refractivity contribution in [3.05, 3.63) is 158 Å². The Morgan fingerprint density at radius 2 is 0.754 bits per heavy atom. The summed E-state index contributed by atoms with van der Waals surface area (Å²) < 4.78 is 13.1. The van der Waals surface area contributed by atoms with Gasteiger partial charge < -0.3 is 8.83 Å². The highest BCUT2D eigenvalue weighted by Crippen LogP contribution is 2.41. The Morgan fingerprint density at radius 1 is 0.311 bits per heavy atom. The van der Waals surface area contributed by atoms with Gasteiger partial charge in [-0.3, -0.25) is 0 Å². The second kappa shape index (κ2) is 14.5. The van der Waals surface area contributed by atoms with Crippen LogP contribution in [0.2, 0.25) is 0 Å². The summed E-state index contributed by atoms with van der Waals surface area (Å²) in [6.07, 6.45) is 0. The Morgan fingerprint density at radius 3 is 1.43 bits per heavy atom. The van der Waals surface area contributed by atoms with Crippen LogP contribution in [-0.2, 0) is 0 Å². The third-order valence-corrected chi connectivity index (χ3v) is 12.8. The number of aromatic nitrogens is 3. The van der Waals surface area contributed by atoms with Gasteiger partial charge >= 0.3 is 0 Å². The number of fused-ring (bicyclic) bond motifs is 6. The van der Waals surface area contributed by atoms with Crippen LogP contribution in [0.15, 0.2) is 167 Å². The van der Waals surface area contributed by atoms with E-state index in [1.54, 1.807) is 0 Å². The van der Waals surface area contributed by atoms with E-state index in [-0.39, 0.29) is 0 Å². The lowest BCUT2D eigenvalue weighted by atomic mass is 9.59. The van der Waals surface area contributed by atoms with E-state index in [2.05, 4.69) is 136 Å². The summed E-state index contributed by atoms with van der Waals surface area (Å²) in [4.78, 5) is 15.4. The fraction of sp³-hybridized carbons (Fsp3) is 0. The molecule has 0 fully saturated rings. The second-order valence-corrected chi connectivity index (χ2v) is 16.1. The molecule has 11 rings (SSSR count). The number of hydrogen-bond donors (Lipinski definition) is 0. The lowest BCUT2D eigenvalue weighted by molar-refractivity contribution is 0.669. The highest BCUT2D eigenvalue weighted by molar-refractivity contribution is 6.68. The van der Waals surface area contributed by atoms with Crippen LogP contribution >= 0.6 is 0 Å². The average molecular weight is 777 g/mol. The van der Waals surface area contributed by atoms with E-state index in [0.29, 0.717) is 17.5 Å². The number of furan rings is 2. The van der Waals surface area contributed by atoms with Crippen molar-refractivity contribution < 1.29 is 8.83 Å². The molecule has 0 spiro atoms. The third-order valence-electron chi connectivity index (χ3n) is 12.8. The third kappa shape index (κ3) is 6.04. The van der Waals surface area contributed by atoms with Crippen molar-refractivity contribution in [3.63, 3.8) is 0 Å². The fourth-order valence-corrected chi connectivity index (χ4v) is 9.13. The maximum absolute atomic E-state index is 6.75. The molecule has 0 aliphatic rings. The van der Waals surface area contributed by atoms with E-state index < -0.39 is 0 Å². The molecular weight excluding hydrogens is 741 g/mol. The molecule has 0 aliphatic heterocycles. The first kappa shape index (κ1) is 36.8. The molecule has 0 aliphatic carbocycles. The van der Waals surface area contributed by atoms with Crippen molar-refractivity contribution in [2.75, 3.05) is 0 Å². The maximum atomic E-state index is 6.75. The number of hydrogen-bond acceptors (Lipinski definition) is 5. The van der Waals surface area contributed by atoms with E-state index in [1.165, 1.54) is 38.4 Å². The van der Waals surface area contributed by atoms with Crippen molar-refractivity contribution in [2.24, 2.45) is 0 Å². The Labute approximate surface area is 358 Å². The summed E-state index contributed by atoms with van der Waals surface area (Å²) >= 11 is 0. The molecule has 282 valence electrons. The SMILES string of the molecule is Bc1c(B)c(B)c(-c2ccc(-c3cccc4c3oc3cccc(-c5nc(-c6ccccc6)nc(-c6ccc(-c7cccc8c7oc7ccccc78)cc6)n5)c34)cc2)c(B)c1B. The quantitative estimate of drug-likeness (QED) is 0.224. The normalized spacial score (nSPS) is 11.6. The van der Waals surface area contributed by atoms with Crippen molar-refractivity contribution in [1.82, 2.24) is 15.0 Å². The zero-order valence-electron chi connectivity index (χ0n) is 34.7. The smallest absolute Gasteiger partial charge is 0.164 e. The van der Waals surface area contributed by atoms with E-state index in [0.717, 1.165) is 82.8 Å². The van der Waals surface area contributed by atoms with E-state index >= 15 is 0 Å². The minimum atomic E-state index is 0.581. The Balaban J connectivity index is 1.01. The van der Waals surface area contributed by atoms with Crippen molar-refractivity contribution in [2.45, 2.75) is 0 Å². The maximum Gasteiger partial charge on any atom is 0.164 e. The van der Waals surface area contributed by atoms with Gasteiger partial charge in [-0.15, -0.1) is 16.4 Å². The molecule has 8 aromatic carbocycles. The molecule has 3 aromatic heterocycles. The largest absolute Gasteiger partial charge is 0.455 e. The molecule has 0 radical (unpaired) electrons. The van der Waals surface area contributed by atoms with Gasteiger partial charge in [0.25, 0.3) is 0 Å². The predicted molar refractivity (Wildman–Crippen MR) is 268 cm³/mol.